The molecule has 4 nitrogen and oxygen atoms in total. The molecule has 0 saturated carbocycles. The monoisotopic (exact) mass is 360 g/mol. The Balaban J connectivity index is 1.53. The van der Waals surface area contributed by atoms with Crippen LogP contribution in [0.25, 0.3) is 0 Å². The van der Waals surface area contributed by atoms with Crippen molar-refractivity contribution in [2.24, 2.45) is 10.2 Å². The number of benzene rings is 2. The van der Waals surface area contributed by atoms with E-state index in [2.05, 4.69) is 10.2 Å². The molecule has 0 spiro atoms. The second-order valence-corrected chi connectivity index (χ2v) is 6.25. The molecule has 0 atom stereocenters. The van der Waals surface area contributed by atoms with Crippen molar-refractivity contribution in [1.29, 1.82) is 0 Å². The summed E-state index contributed by atoms with van der Waals surface area (Å²) in [6, 6.07) is 15.4. The lowest BCUT2D eigenvalue weighted by Gasteiger charge is -2.31. The smallest absolute Gasteiger partial charge is 0.0557 e. The number of nitrogens with zero attached hydrogens (tertiary/aromatic N) is 4. The largest absolute Gasteiger partial charge is 0.293 e. The minimum absolute atomic E-state index is 0.712. The Kier molecular flexibility index (Phi) is 5.72. The topological polar surface area (TPSA) is 31.2 Å². The molecule has 3 rings (SSSR count). The Morgan fingerprint density at radius 1 is 0.667 bits per heavy atom. The first kappa shape index (κ1) is 16.8. The third-order valence-electron chi connectivity index (χ3n) is 3.76. The van der Waals surface area contributed by atoms with Crippen molar-refractivity contribution in [3.05, 3.63) is 69.7 Å². The third-order valence-corrected chi connectivity index (χ3v) is 4.45. The van der Waals surface area contributed by atoms with E-state index in [9.17, 15) is 0 Å². The molecule has 0 unspecified atom stereocenters. The summed E-state index contributed by atoms with van der Waals surface area (Å²) in [5.41, 5.74) is 1.86. The van der Waals surface area contributed by atoms with Crippen molar-refractivity contribution in [2.75, 3.05) is 26.2 Å². The Morgan fingerprint density at radius 3 is 1.42 bits per heavy atom. The van der Waals surface area contributed by atoms with E-state index >= 15 is 0 Å². The number of halogens is 2. The van der Waals surface area contributed by atoms with E-state index < -0.39 is 0 Å². The van der Waals surface area contributed by atoms with Gasteiger partial charge in [0.2, 0.25) is 0 Å². The van der Waals surface area contributed by atoms with Crippen LogP contribution in [0.1, 0.15) is 11.1 Å². The number of piperazine rings is 1. The lowest BCUT2D eigenvalue weighted by atomic mass is 10.2. The molecular weight excluding hydrogens is 343 g/mol. The molecular formula is C18H18Cl2N4. The Morgan fingerprint density at radius 2 is 1.04 bits per heavy atom. The second kappa shape index (κ2) is 8.18. The minimum Gasteiger partial charge on any atom is -0.293 e. The average molecular weight is 361 g/mol. The van der Waals surface area contributed by atoms with Crippen LogP contribution in [0.4, 0.5) is 0 Å². The lowest BCUT2D eigenvalue weighted by molar-refractivity contribution is 0.141. The summed E-state index contributed by atoms with van der Waals surface area (Å²) in [5, 5.41) is 14.5. The number of hydrazone groups is 2. The second-order valence-electron chi connectivity index (χ2n) is 5.44. The summed E-state index contributed by atoms with van der Waals surface area (Å²) in [5.74, 6) is 0. The highest BCUT2D eigenvalue weighted by Gasteiger charge is 2.13. The van der Waals surface area contributed by atoms with Crippen LogP contribution in [0.2, 0.25) is 10.0 Å². The zero-order valence-electron chi connectivity index (χ0n) is 13.1. The van der Waals surface area contributed by atoms with E-state index in [1.807, 2.05) is 71.0 Å². The van der Waals surface area contributed by atoms with Crippen LogP contribution in [0.5, 0.6) is 0 Å². The molecule has 1 aliphatic heterocycles. The molecule has 2 aromatic rings. The van der Waals surface area contributed by atoms with Gasteiger partial charge in [-0.05, 0) is 12.1 Å². The van der Waals surface area contributed by atoms with E-state index in [0.717, 1.165) is 37.3 Å². The van der Waals surface area contributed by atoms with Gasteiger partial charge in [0.1, 0.15) is 0 Å². The SMILES string of the molecule is Clc1ccccc1/C=N\N1CCN(/N=C/c2ccccc2Cl)CC1. The molecule has 6 heteroatoms. The first-order chi connectivity index (χ1) is 11.7. The molecule has 0 aliphatic carbocycles. The fourth-order valence-electron chi connectivity index (χ4n) is 2.36. The summed E-state index contributed by atoms with van der Waals surface area (Å²) >= 11 is 12.3. The molecule has 2 aromatic carbocycles. The van der Waals surface area contributed by atoms with E-state index in [1.165, 1.54) is 0 Å². The van der Waals surface area contributed by atoms with Gasteiger partial charge in [0, 0.05) is 21.2 Å². The van der Waals surface area contributed by atoms with Gasteiger partial charge < -0.3 is 0 Å². The molecule has 1 heterocycles. The van der Waals surface area contributed by atoms with Gasteiger partial charge in [0.15, 0.2) is 0 Å². The number of hydrogen-bond acceptors (Lipinski definition) is 4. The quantitative estimate of drug-likeness (QED) is 0.772. The van der Waals surface area contributed by atoms with E-state index in [1.54, 1.807) is 0 Å². The highest BCUT2D eigenvalue weighted by atomic mass is 35.5. The zero-order valence-corrected chi connectivity index (χ0v) is 14.7. The normalized spacial score (nSPS) is 15.6. The maximum absolute atomic E-state index is 6.13. The summed E-state index contributed by atoms with van der Waals surface area (Å²) < 4.78 is 0. The molecule has 124 valence electrons. The third kappa shape index (κ3) is 4.49. The molecule has 0 amide bonds. The number of rotatable bonds is 4. The van der Waals surface area contributed by atoms with Crippen molar-refractivity contribution in [3.63, 3.8) is 0 Å². The van der Waals surface area contributed by atoms with Gasteiger partial charge in [-0.1, -0.05) is 59.6 Å². The van der Waals surface area contributed by atoms with Gasteiger partial charge in [-0.25, -0.2) is 0 Å². The predicted octanol–water partition coefficient (Wildman–Crippen LogP) is 3.98. The van der Waals surface area contributed by atoms with Crippen molar-refractivity contribution < 1.29 is 0 Å². The molecule has 0 bridgehead atoms. The Hall–Kier alpha value is -2.04. The highest BCUT2D eigenvalue weighted by Crippen LogP contribution is 2.14. The molecule has 1 aliphatic rings. The Bertz CT molecular complexity index is 674. The van der Waals surface area contributed by atoms with E-state index in [-0.39, 0.29) is 0 Å². The van der Waals surface area contributed by atoms with E-state index in [4.69, 9.17) is 23.2 Å². The van der Waals surface area contributed by atoms with Gasteiger partial charge in [-0.2, -0.15) is 10.2 Å². The molecule has 0 aromatic heterocycles. The zero-order chi connectivity index (χ0) is 16.8. The Labute approximate surface area is 152 Å². The van der Waals surface area contributed by atoms with Crippen LogP contribution >= 0.6 is 23.2 Å². The average Bonchev–Trinajstić information content (AvgIpc) is 2.61. The summed E-state index contributed by atoms with van der Waals surface area (Å²) in [6.07, 6.45) is 3.62. The van der Waals surface area contributed by atoms with Gasteiger partial charge in [0.05, 0.1) is 38.6 Å². The lowest BCUT2D eigenvalue weighted by Crippen LogP contribution is -2.41. The van der Waals surface area contributed by atoms with Gasteiger partial charge >= 0.3 is 0 Å². The minimum atomic E-state index is 0.712. The van der Waals surface area contributed by atoms with Crippen molar-refractivity contribution in [3.8, 4) is 0 Å². The fraction of sp³-hybridized carbons (Fsp3) is 0.222. The molecule has 1 saturated heterocycles. The van der Waals surface area contributed by atoms with Crippen molar-refractivity contribution in [1.82, 2.24) is 10.0 Å². The van der Waals surface area contributed by atoms with Crippen molar-refractivity contribution in [2.45, 2.75) is 0 Å². The first-order valence-electron chi connectivity index (χ1n) is 7.79. The molecule has 0 N–H and O–H groups in total. The van der Waals surface area contributed by atoms with Crippen LogP contribution in [0, 0.1) is 0 Å². The van der Waals surface area contributed by atoms with Crippen LogP contribution in [-0.4, -0.2) is 48.6 Å². The molecule has 1 fully saturated rings. The van der Waals surface area contributed by atoms with Crippen LogP contribution < -0.4 is 0 Å². The number of hydrogen-bond donors (Lipinski definition) is 0. The van der Waals surface area contributed by atoms with Crippen molar-refractivity contribution >= 4 is 35.6 Å². The first-order valence-corrected chi connectivity index (χ1v) is 8.55. The fourth-order valence-corrected chi connectivity index (χ4v) is 2.73. The maximum atomic E-state index is 6.13. The maximum Gasteiger partial charge on any atom is 0.0557 e. The van der Waals surface area contributed by atoms with E-state index in [0.29, 0.717) is 10.0 Å². The molecule has 24 heavy (non-hydrogen) atoms. The predicted molar refractivity (Wildman–Crippen MR) is 101 cm³/mol. The standard InChI is InChI=1S/C18H18Cl2N4/c19-17-7-3-1-5-15(17)13-21-23-9-11-24(12-10-23)22-14-16-6-2-4-8-18(16)20/h1-8,13-14H,9-12H2/b21-13-,22-14+. The van der Waals surface area contributed by atoms with Gasteiger partial charge in [-0.15, -0.1) is 0 Å². The summed E-state index contributed by atoms with van der Waals surface area (Å²) in [4.78, 5) is 0. The van der Waals surface area contributed by atoms with Gasteiger partial charge in [0.25, 0.3) is 0 Å². The van der Waals surface area contributed by atoms with Crippen LogP contribution in [0.15, 0.2) is 58.7 Å². The summed E-state index contributed by atoms with van der Waals surface area (Å²) in [7, 11) is 0. The van der Waals surface area contributed by atoms with Gasteiger partial charge in [-0.3, -0.25) is 10.0 Å². The highest BCUT2D eigenvalue weighted by molar-refractivity contribution is 6.33. The van der Waals surface area contributed by atoms with Crippen LogP contribution in [0.3, 0.4) is 0 Å². The van der Waals surface area contributed by atoms with Crippen LogP contribution in [-0.2, 0) is 0 Å². The summed E-state index contributed by atoms with van der Waals surface area (Å²) in [6.45, 7) is 3.28. The molecule has 0 radical (unpaired) electrons.